The van der Waals surface area contributed by atoms with Gasteiger partial charge in [-0.2, -0.15) is 0 Å². The Morgan fingerprint density at radius 3 is 2.58 bits per heavy atom. The van der Waals surface area contributed by atoms with E-state index in [1.54, 1.807) is 0 Å². The minimum absolute atomic E-state index is 0.632. The molecule has 1 aliphatic carbocycles. The molecule has 1 unspecified atom stereocenters. The van der Waals surface area contributed by atoms with E-state index in [1.165, 1.54) is 37.1 Å². The number of hydrogen-bond acceptors (Lipinski definition) is 2. The van der Waals surface area contributed by atoms with Gasteiger partial charge < -0.3 is 5.32 Å². The summed E-state index contributed by atoms with van der Waals surface area (Å²) in [6, 6.07) is 9.96. The van der Waals surface area contributed by atoms with Gasteiger partial charge in [0.05, 0.1) is 0 Å². The highest BCUT2D eigenvalue weighted by Gasteiger charge is 2.33. The van der Waals surface area contributed by atoms with E-state index >= 15 is 0 Å². The summed E-state index contributed by atoms with van der Waals surface area (Å²) >= 11 is 0. The summed E-state index contributed by atoms with van der Waals surface area (Å²) in [5.41, 5.74) is 2.90. The van der Waals surface area contributed by atoms with Crippen molar-refractivity contribution in [3.63, 3.8) is 0 Å². The highest BCUT2D eigenvalue weighted by Crippen LogP contribution is 2.33. The lowest BCUT2D eigenvalue weighted by Gasteiger charge is -2.34. The molecule has 2 nitrogen and oxygen atoms in total. The van der Waals surface area contributed by atoms with E-state index in [0.717, 1.165) is 25.0 Å². The predicted molar refractivity (Wildman–Crippen MR) is 80.3 cm³/mol. The summed E-state index contributed by atoms with van der Waals surface area (Å²) in [5, 5.41) is 3.68. The SMILES string of the molecule is CC(C)c1ccc(CN2CCNC(C3CC3)C2)cc1. The molecule has 0 radical (unpaired) electrons. The topological polar surface area (TPSA) is 15.3 Å². The van der Waals surface area contributed by atoms with Crippen molar-refractivity contribution in [2.24, 2.45) is 5.92 Å². The van der Waals surface area contributed by atoms with Crippen molar-refractivity contribution in [1.29, 1.82) is 0 Å². The molecule has 2 aliphatic rings. The van der Waals surface area contributed by atoms with Crippen LogP contribution in [0.4, 0.5) is 0 Å². The van der Waals surface area contributed by atoms with E-state index in [2.05, 4.69) is 48.3 Å². The fourth-order valence-corrected chi connectivity index (χ4v) is 3.07. The van der Waals surface area contributed by atoms with Crippen LogP contribution in [0.5, 0.6) is 0 Å². The fourth-order valence-electron chi connectivity index (χ4n) is 3.07. The number of piperazine rings is 1. The van der Waals surface area contributed by atoms with Crippen molar-refractivity contribution in [2.75, 3.05) is 19.6 Å². The van der Waals surface area contributed by atoms with Gasteiger partial charge in [-0.3, -0.25) is 4.90 Å². The van der Waals surface area contributed by atoms with Crippen molar-refractivity contribution in [1.82, 2.24) is 10.2 Å². The minimum Gasteiger partial charge on any atom is -0.311 e. The largest absolute Gasteiger partial charge is 0.311 e. The maximum Gasteiger partial charge on any atom is 0.0234 e. The Hall–Kier alpha value is -0.860. The quantitative estimate of drug-likeness (QED) is 0.893. The van der Waals surface area contributed by atoms with E-state index in [1.807, 2.05) is 0 Å². The van der Waals surface area contributed by atoms with Crippen LogP contribution >= 0.6 is 0 Å². The highest BCUT2D eigenvalue weighted by molar-refractivity contribution is 5.24. The maximum absolute atomic E-state index is 3.68. The lowest BCUT2D eigenvalue weighted by atomic mass is 10.0. The molecule has 2 fully saturated rings. The third-order valence-corrected chi connectivity index (χ3v) is 4.53. The maximum atomic E-state index is 3.68. The van der Waals surface area contributed by atoms with Gasteiger partial charge in [-0.1, -0.05) is 38.1 Å². The fraction of sp³-hybridized carbons (Fsp3) is 0.647. The van der Waals surface area contributed by atoms with Crippen LogP contribution in [0.3, 0.4) is 0 Å². The molecule has 104 valence electrons. The summed E-state index contributed by atoms with van der Waals surface area (Å²) in [7, 11) is 0. The lowest BCUT2D eigenvalue weighted by Crippen LogP contribution is -2.51. The van der Waals surface area contributed by atoms with Gasteiger partial charge in [0, 0.05) is 32.2 Å². The van der Waals surface area contributed by atoms with E-state index in [-0.39, 0.29) is 0 Å². The van der Waals surface area contributed by atoms with Crippen LogP contribution in [-0.2, 0) is 6.54 Å². The first kappa shape index (κ1) is 13.1. The second kappa shape index (κ2) is 5.64. The Labute approximate surface area is 117 Å². The average molecular weight is 258 g/mol. The van der Waals surface area contributed by atoms with Gasteiger partial charge in [0.15, 0.2) is 0 Å². The molecule has 1 saturated heterocycles. The van der Waals surface area contributed by atoms with E-state index in [0.29, 0.717) is 5.92 Å². The minimum atomic E-state index is 0.632. The Morgan fingerprint density at radius 2 is 1.95 bits per heavy atom. The molecule has 19 heavy (non-hydrogen) atoms. The Balaban J connectivity index is 1.57. The third-order valence-electron chi connectivity index (χ3n) is 4.53. The summed E-state index contributed by atoms with van der Waals surface area (Å²) < 4.78 is 0. The van der Waals surface area contributed by atoms with Gasteiger partial charge in [0.25, 0.3) is 0 Å². The van der Waals surface area contributed by atoms with Gasteiger partial charge in [-0.15, -0.1) is 0 Å². The number of benzene rings is 1. The first-order valence-corrected chi connectivity index (χ1v) is 7.77. The monoisotopic (exact) mass is 258 g/mol. The number of hydrogen-bond donors (Lipinski definition) is 1. The molecule has 3 rings (SSSR count). The molecule has 1 atom stereocenters. The van der Waals surface area contributed by atoms with Gasteiger partial charge >= 0.3 is 0 Å². The first-order chi connectivity index (χ1) is 9.22. The molecule has 1 saturated carbocycles. The van der Waals surface area contributed by atoms with E-state index in [4.69, 9.17) is 0 Å². The molecule has 1 N–H and O–H groups in total. The van der Waals surface area contributed by atoms with Crippen molar-refractivity contribution in [2.45, 2.75) is 45.2 Å². The molecule has 1 aliphatic heterocycles. The normalized spacial score (nSPS) is 24.9. The lowest BCUT2D eigenvalue weighted by molar-refractivity contribution is 0.181. The van der Waals surface area contributed by atoms with Gasteiger partial charge in [-0.25, -0.2) is 0 Å². The smallest absolute Gasteiger partial charge is 0.0234 e. The zero-order valence-corrected chi connectivity index (χ0v) is 12.2. The third kappa shape index (κ3) is 3.37. The van der Waals surface area contributed by atoms with Crippen LogP contribution in [0, 0.1) is 5.92 Å². The second-order valence-corrected chi connectivity index (χ2v) is 6.53. The van der Waals surface area contributed by atoms with Gasteiger partial charge in [-0.05, 0) is 35.8 Å². The zero-order valence-electron chi connectivity index (χ0n) is 12.2. The van der Waals surface area contributed by atoms with Crippen molar-refractivity contribution < 1.29 is 0 Å². The Kier molecular flexibility index (Phi) is 3.90. The van der Waals surface area contributed by atoms with Crippen LogP contribution in [0.1, 0.15) is 43.7 Å². The summed E-state index contributed by atoms with van der Waals surface area (Å²) in [6.07, 6.45) is 2.88. The molecule has 1 aromatic carbocycles. The molecular weight excluding hydrogens is 232 g/mol. The summed E-state index contributed by atoms with van der Waals surface area (Å²) in [4.78, 5) is 2.61. The van der Waals surface area contributed by atoms with Crippen LogP contribution in [0.15, 0.2) is 24.3 Å². The average Bonchev–Trinajstić information content (AvgIpc) is 3.24. The van der Waals surface area contributed by atoms with Crippen molar-refractivity contribution >= 4 is 0 Å². The standard InChI is InChI=1S/C17H26N2/c1-13(2)15-5-3-14(4-6-15)11-19-10-9-18-17(12-19)16-7-8-16/h3-6,13,16-18H,7-12H2,1-2H3. The molecule has 1 aromatic rings. The van der Waals surface area contributed by atoms with Gasteiger partial charge in [0.2, 0.25) is 0 Å². The second-order valence-electron chi connectivity index (χ2n) is 6.53. The Bertz CT molecular complexity index is 406. The number of nitrogens with one attached hydrogen (secondary N) is 1. The van der Waals surface area contributed by atoms with E-state index in [9.17, 15) is 0 Å². The molecule has 0 bridgehead atoms. The molecule has 0 spiro atoms. The zero-order chi connectivity index (χ0) is 13.2. The van der Waals surface area contributed by atoms with E-state index < -0.39 is 0 Å². The van der Waals surface area contributed by atoms with Gasteiger partial charge in [0.1, 0.15) is 0 Å². The van der Waals surface area contributed by atoms with Crippen molar-refractivity contribution in [3.05, 3.63) is 35.4 Å². The first-order valence-electron chi connectivity index (χ1n) is 7.77. The van der Waals surface area contributed by atoms with Crippen molar-refractivity contribution in [3.8, 4) is 0 Å². The van der Waals surface area contributed by atoms with Crippen LogP contribution in [-0.4, -0.2) is 30.6 Å². The van der Waals surface area contributed by atoms with Crippen LogP contribution < -0.4 is 5.32 Å². The molecule has 0 amide bonds. The predicted octanol–water partition coefficient (Wildman–Crippen LogP) is 2.99. The highest BCUT2D eigenvalue weighted by atomic mass is 15.2. The molecule has 1 heterocycles. The summed E-state index contributed by atoms with van der Waals surface area (Å²) in [5.74, 6) is 1.60. The molecule has 0 aromatic heterocycles. The number of rotatable bonds is 4. The molecular formula is C17H26N2. The number of nitrogens with zero attached hydrogens (tertiary/aromatic N) is 1. The summed E-state index contributed by atoms with van der Waals surface area (Å²) in [6.45, 7) is 9.21. The molecule has 2 heteroatoms. The van der Waals surface area contributed by atoms with Crippen LogP contribution in [0.25, 0.3) is 0 Å². The Morgan fingerprint density at radius 1 is 1.21 bits per heavy atom. The van der Waals surface area contributed by atoms with Crippen LogP contribution in [0.2, 0.25) is 0 Å².